The van der Waals surface area contributed by atoms with E-state index in [9.17, 15) is 0 Å². The lowest BCUT2D eigenvalue weighted by Crippen LogP contribution is -2.28. The Morgan fingerprint density at radius 3 is 1.86 bits per heavy atom. The topological polar surface area (TPSA) is 13.1 Å². The highest BCUT2D eigenvalue weighted by Gasteiger charge is 2.46. The lowest BCUT2D eigenvalue weighted by atomic mass is 9.67. The lowest BCUT2D eigenvalue weighted by molar-refractivity contribution is 0.510. The van der Waals surface area contributed by atoms with Crippen LogP contribution in [-0.4, -0.2) is 0 Å². The van der Waals surface area contributed by atoms with Crippen LogP contribution in [0, 0.1) is 6.92 Å². The standard InChI is InChI=1S/C64H52O/c1-42-26-34-55-53(38-42)51-33-32-48(40-58(51)63(55,4)37-36-43-27-30-45(31-28-43)49-22-15-25-60-61(49)52-21-12-14-24-59(52)65-60)62(2,3)41-44-29-35-57-54(39-44)50-20-11-13-23-56(50)64(57,46-16-7-5-8-17-46)47-18-9-6-10-19-47/h5-35,38-40H,36-37,41H2,1-4H3. The van der Waals surface area contributed by atoms with Crippen LogP contribution in [0.3, 0.4) is 0 Å². The van der Waals surface area contributed by atoms with Gasteiger partial charge in [0.15, 0.2) is 0 Å². The fraction of sp³-hybridized carbons (Fsp3) is 0.156. The van der Waals surface area contributed by atoms with Crippen LogP contribution in [0.1, 0.15) is 82.8 Å². The predicted molar refractivity (Wildman–Crippen MR) is 271 cm³/mol. The van der Waals surface area contributed by atoms with Crippen LogP contribution < -0.4 is 0 Å². The van der Waals surface area contributed by atoms with Crippen molar-refractivity contribution in [2.24, 2.45) is 0 Å². The van der Waals surface area contributed by atoms with Gasteiger partial charge in [-0.25, -0.2) is 0 Å². The normalized spacial score (nSPS) is 15.8. The minimum atomic E-state index is -0.382. The molecule has 9 aromatic carbocycles. The maximum Gasteiger partial charge on any atom is 0.136 e. The number of fused-ring (bicyclic) bond motifs is 9. The molecule has 0 aliphatic heterocycles. The van der Waals surface area contributed by atoms with E-state index >= 15 is 0 Å². The van der Waals surface area contributed by atoms with Crippen LogP contribution >= 0.6 is 0 Å². The average Bonchev–Trinajstić information content (AvgIpc) is 3.95. The van der Waals surface area contributed by atoms with Crippen LogP contribution in [0.4, 0.5) is 0 Å². The van der Waals surface area contributed by atoms with Gasteiger partial charge in [0.25, 0.3) is 0 Å². The van der Waals surface area contributed by atoms with Crippen LogP contribution in [0.2, 0.25) is 0 Å². The van der Waals surface area contributed by atoms with Crippen LogP contribution in [-0.2, 0) is 29.1 Å². The minimum Gasteiger partial charge on any atom is -0.456 e. The maximum absolute atomic E-state index is 6.23. The first-order chi connectivity index (χ1) is 31.7. The molecule has 0 saturated carbocycles. The SMILES string of the molecule is Cc1ccc2c(c1)-c1ccc(C(C)(C)Cc3ccc4c(c3)-c3ccccc3C4(c3ccccc3)c3ccccc3)cc1C2(C)CCc1ccc(-c2cccc3oc4ccccc4c23)cc1. The summed E-state index contributed by atoms with van der Waals surface area (Å²) in [5, 5.41) is 2.35. The number of para-hydroxylation sites is 1. The summed E-state index contributed by atoms with van der Waals surface area (Å²) in [6.07, 6.45) is 2.94. The average molecular weight is 837 g/mol. The number of hydrogen-bond donors (Lipinski definition) is 0. The third-order valence-corrected chi connectivity index (χ3v) is 15.2. The van der Waals surface area contributed by atoms with Gasteiger partial charge >= 0.3 is 0 Å². The fourth-order valence-electron chi connectivity index (χ4n) is 11.9. The molecule has 1 nitrogen and oxygen atoms in total. The van der Waals surface area contributed by atoms with Gasteiger partial charge in [0.05, 0.1) is 5.41 Å². The Morgan fingerprint density at radius 1 is 0.462 bits per heavy atom. The molecule has 1 aromatic heterocycles. The predicted octanol–water partition coefficient (Wildman–Crippen LogP) is 16.4. The summed E-state index contributed by atoms with van der Waals surface area (Å²) in [6.45, 7) is 9.59. The summed E-state index contributed by atoms with van der Waals surface area (Å²) in [5.41, 5.74) is 22.8. The fourth-order valence-corrected chi connectivity index (χ4v) is 11.9. The lowest BCUT2D eigenvalue weighted by Gasteiger charge is -2.34. The molecule has 0 radical (unpaired) electrons. The van der Waals surface area contributed by atoms with E-state index in [0.29, 0.717) is 0 Å². The van der Waals surface area contributed by atoms with E-state index in [-0.39, 0.29) is 16.2 Å². The quantitative estimate of drug-likeness (QED) is 0.141. The van der Waals surface area contributed by atoms with Crippen LogP contribution in [0.15, 0.2) is 211 Å². The molecule has 65 heavy (non-hydrogen) atoms. The molecule has 0 saturated heterocycles. The molecule has 0 spiro atoms. The third kappa shape index (κ3) is 6.13. The first-order valence-electron chi connectivity index (χ1n) is 23.3. The molecule has 1 atom stereocenters. The Kier molecular flexibility index (Phi) is 9.04. The van der Waals surface area contributed by atoms with Gasteiger partial charge in [-0.2, -0.15) is 0 Å². The van der Waals surface area contributed by atoms with Gasteiger partial charge in [0, 0.05) is 16.2 Å². The number of rotatable bonds is 9. The molecular weight excluding hydrogens is 785 g/mol. The van der Waals surface area contributed by atoms with Crippen molar-refractivity contribution in [3.63, 3.8) is 0 Å². The third-order valence-electron chi connectivity index (χ3n) is 15.2. The zero-order chi connectivity index (χ0) is 43.9. The molecule has 0 bridgehead atoms. The van der Waals surface area contributed by atoms with E-state index in [2.05, 4.69) is 228 Å². The van der Waals surface area contributed by atoms with Gasteiger partial charge in [-0.15, -0.1) is 0 Å². The zero-order valence-corrected chi connectivity index (χ0v) is 37.7. The van der Waals surface area contributed by atoms with E-state index in [1.165, 1.54) is 99.8 Å². The Labute approximate surface area is 383 Å². The first kappa shape index (κ1) is 39.4. The van der Waals surface area contributed by atoms with Gasteiger partial charge in [-0.3, -0.25) is 0 Å². The molecule has 2 aliphatic rings. The van der Waals surface area contributed by atoms with Crippen LogP contribution in [0.5, 0.6) is 0 Å². The van der Waals surface area contributed by atoms with Crippen molar-refractivity contribution in [2.75, 3.05) is 0 Å². The molecule has 1 unspecified atom stereocenters. The first-order valence-corrected chi connectivity index (χ1v) is 23.3. The Bertz CT molecular complexity index is 3400. The number of hydrogen-bond acceptors (Lipinski definition) is 1. The summed E-state index contributed by atoms with van der Waals surface area (Å²) >= 11 is 0. The van der Waals surface area contributed by atoms with E-state index < -0.39 is 0 Å². The smallest absolute Gasteiger partial charge is 0.136 e. The summed E-state index contributed by atoms with van der Waals surface area (Å²) in [4.78, 5) is 0. The van der Waals surface area contributed by atoms with Crippen molar-refractivity contribution >= 4 is 21.9 Å². The molecule has 0 fully saturated rings. The van der Waals surface area contributed by atoms with Crippen molar-refractivity contribution in [3.8, 4) is 33.4 Å². The highest BCUT2D eigenvalue weighted by Crippen LogP contribution is 2.57. The number of furan rings is 1. The van der Waals surface area contributed by atoms with Crippen molar-refractivity contribution in [3.05, 3.63) is 262 Å². The highest BCUT2D eigenvalue weighted by molar-refractivity contribution is 6.12. The van der Waals surface area contributed by atoms with Crippen molar-refractivity contribution in [2.45, 2.75) is 63.2 Å². The monoisotopic (exact) mass is 836 g/mol. The second-order valence-electron chi connectivity index (χ2n) is 19.6. The number of benzene rings is 9. The zero-order valence-electron chi connectivity index (χ0n) is 37.7. The Balaban J connectivity index is 0.870. The molecule has 0 amide bonds. The molecule has 0 N–H and O–H groups in total. The molecule has 2 aliphatic carbocycles. The maximum atomic E-state index is 6.23. The second kappa shape index (κ2) is 14.9. The second-order valence-corrected chi connectivity index (χ2v) is 19.6. The van der Waals surface area contributed by atoms with Gasteiger partial charge in [-0.1, -0.05) is 220 Å². The van der Waals surface area contributed by atoms with E-state index in [0.717, 1.165) is 30.4 Å². The summed E-state index contributed by atoms with van der Waals surface area (Å²) < 4.78 is 6.23. The number of aryl methyl sites for hydroxylation is 2. The molecule has 314 valence electrons. The largest absolute Gasteiger partial charge is 0.456 e. The minimum absolute atomic E-state index is 0.109. The highest BCUT2D eigenvalue weighted by atomic mass is 16.3. The molecule has 1 heterocycles. The van der Waals surface area contributed by atoms with E-state index in [1.54, 1.807) is 0 Å². The Morgan fingerprint density at radius 2 is 1.08 bits per heavy atom. The molecule has 12 rings (SSSR count). The van der Waals surface area contributed by atoms with E-state index in [4.69, 9.17) is 4.42 Å². The molecule has 1 heteroatoms. The van der Waals surface area contributed by atoms with Gasteiger partial charge in [-0.05, 0) is 127 Å². The summed E-state index contributed by atoms with van der Waals surface area (Å²) in [7, 11) is 0. The molecular formula is C64H52O. The molecule has 10 aromatic rings. The van der Waals surface area contributed by atoms with Crippen molar-refractivity contribution in [1.29, 1.82) is 0 Å². The van der Waals surface area contributed by atoms with Gasteiger partial charge < -0.3 is 4.42 Å². The summed E-state index contributed by atoms with van der Waals surface area (Å²) in [5.74, 6) is 0. The summed E-state index contributed by atoms with van der Waals surface area (Å²) in [6, 6.07) is 77.2. The van der Waals surface area contributed by atoms with Crippen LogP contribution in [0.25, 0.3) is 55.3 Å². The van der Waals surface area contributed by atoms with Crippen molar-refractivity contribution < 1.29 is 4.42 Å². The van der Waals surface area contributed by atoms with Gasteiger partial charge in [0.1, 0.15) is 11.2 Å². The van der Waals surface area contributed by atoms with Gasteiger partial charge in [0.2, 0.25) is 0 Å². The van der Waals surface area contributed by atoms with E-state index in [1.807, 2.05) is 6.07 Å². The Hall–Kier alpha value is -7.22. The van der Waals surface area contributed by atoms with Crippen molar-refractivity contribution in [1.82, 2.24) is 0 Å².